The Labute approximate surface area is 150 Å². The average molecular weight is 376 g/mol. The molecule has 0 unspecified atom stereocenters. The molecule has 0 aliphatic carbocycles. The minimum absolute atomic E-state index is 0.0521. The number of phenolic OH excluding ortho intramolecular Hbond substituents is 1. The lowest BCUT2D eigenvalue weighted by molar-refractivity contribution is 0.475. The van der Waals surface area contributed by atoms with Crippen molar-refractivity contribution in [2.75, 3.05) is 0 Å². The molecule has 0 saturated carbocycles. The molecule has 0 aliphatic rings. The lowest BCUT2D eigenvalue weighted by Crippen LogP contribution is -2.10. The Morgan fingerprint density at radius 2 is 1.96 bits per heavy atom. The Hall–Kier alpha value is -2.93. The number of H-pyrrole nitrogens is 2. The summed E-state index contributed by atoms with van der Waals surface area (Å²) in [6.07, 6.45) is 1.55. The maximum absolute atomic E-state index is 13.7. The lowest BCUT2D eigenvalue weighted by Gasteiger charge is -2.13. The van der Waals surface area contributed by atoms with E-state index in [1.165, 1.54) is 12.1 Å². The molecule has 2 heterocycles. The number of fused-ring (bicyclic) bond motifs is 3. The quantitative estimate of drug-likeness (QED) is 0.497. The molecule has 26 heavy (non-hydrogen) atoms. The summed E-state index contributed by atoms with van der Waals surface area (Å²) in [6.45, 7) is -1.89. The molecule has 0 atom stereocenters. The molecule has 4 aromatic rings. The van der Waals surface area contributed by atoms with E-state index in [1.807, 2.05) is 0 Å². The van der Waals surface area contributed by atoms with Crippen LogP contribution in [0.1, 0.15) is 11.1 Å². The van der Waals surface area contributed by atoms with Gasteiger partial charge in [-0.25, -0.2) is 13.8 Å². The smallest absolute Gasteiger partial charge is 0.185 e. The van der Waals surface area contributed by atoms with Gasteiger partial charge in [0.15, 0.2) is 11.1 Å². The second-order valence-corrected chi connectivity index (χ2v) is 6.24. The zero-order valence-corrected chi connectivity index (χ0v) is 14.0. The molecule has 0 bridgehead atoms. The normalized spacial score (nSPS) is 11.5. The Morgan fingerprint density at radius 3 is 2.65 bits per heavy atom. The number of aromatic nitrogens is 3. The Balaban J connectivity index is 2.25. The summed E-state index contributed by atoms with van der Waals surface area (Å²) in [5.74, 6) is -0.106. The molecule has 0 fully saturated rings. The van der Waals surface area contributed by atoms with E-state index in [2.05, 4.69) is 15.2 Å². The van der Waals surface area contributed by atoms with Crippen molar-refractivity contribution in [2.24, 2.45) is 0 Å². The van der Waals surface area contributed by atoms with Crippen molar-refractivity contribution in [3.63, 3.8) is 0 Å². The summed E-state index contributed by atoms with van der Waals surface area (Å²) >= 11 is 5.99. The number of phenols is 1. The molecule has 8 heteroatoms. The summed E-state index contributed by atoms with van der Waals surface area (Å²) in [5.41, 5.74) is 0.749. The standard InChI is InChI=1S/C18H12ClF2N3O2/c19-12-3-8(1-2-13(12)25)17-15-9(5-20)4-14(26)10(6-21)16(15)11-7-22-24-18(11)23-17/h1-4,7,25H,5-6H2,(H2,22,23,24). The lowest BCUT2D eigenvalue weighted by atomic mass is 9.94. The molecule has 2 aromatic heterocycles. The number of nitrogens with one attached hydrogen (secondary N) is 2. The predicted molar refractivity (Wildman–Crippen MR) is 96.0 cm³/mol. The number of aromatic amines is 2. The van der Waals surface area contributed by atoms with Crippen LogP contribution >= 0.6 is 11.6 Å². The molecule has 5 nitrogen and oxygen atoms in total. The summed E-state index contributed by atoms with van der Waals surface area (Å²) in [5, 5.41) is 16.5. The number of hydrogen-bond donors (Lipinski definition) is 3. The van der Waals surface area contributed by atoms with Gasteiger partial charge < -0.3 is 10.2 Å². The summed E-state index contributed by atoms with van der Waals surface area (Å²) in [4.78, 5) is 16.8. The zero-order chi connectivity index (χ0) is 18.4. The maximum Gasteiger partial charge on any atom is 0.185 e. The van der Waals surface area contributed by atoms with Crippen molar-refractivity contribution in [3.05, 3.63) is 56.8 Å². The molecule has 0 aliphatic heterocycles. The van der Waals surface area contributed by atoms with E-state index in [0.717, 1.165) is 6.07 Å². The van der Waals surface area contributed by atoms with Gasteiger partial charge in [-0.15, -0.1) is 0 Å². The second-order valence-electron chi connectivity index (χ2n) is 5.83. The van der Waals surface area contributed by atoms with Crippen LogP contribution in [0, 0.1) is 0 Å². The number of halogens is 3. The highest BCUT2D eigenvalue weighted by Crippen LogP contribution is 2.37. The fourth-order valence-electron chi connectivity index (χ4n) is 3.18. The van der Waals surface area contributed by atoms with E-state index >= 15 is 0 Å². The Kier molecular flexibility index (Phi) is 3.88. The van der Waals surface area contributed by atoms with Crippen molar-refractivity contribution in [3.8, 4) is 17.0 Å². The SMILES string of the molecule is O=c1cc(CF)c2c(-c3ccc(O)c(Cl)c3)nc3[nH][nH]cc3c2c1CF. The van der Waals surface area contributed by atoms with Gasteiger partial charge >= 0.3 is 0 Å². The topological polar surface area (TPSA) is 81.8 Å². The number of rotatable bonds is 3. The van der Waals surface area contributed by atoms with Crippen LogP contribution in [-0.2, 0) is 13.3 Å². The molecular formula is C18H12ClF2N3O2. The van der Waals surface area contributed by atoms with Gasteiger partial charge in [0.25, 0.3) is 0 Å². The van der Waals surface area contributed by atoms with Gasteiger partial charge in [-0.1, -0.05) is 11.6 Å². The van der Waals surface area contributed by atoms with Crippen LogP contribution in [-0.4, -0.2) is 20.3 Å². The van der Waals surface area contributed by atoms with E-state index < -0.39 is 18.8 Å². The average Bonchev–Trinajstić information content (AvgIpc) is 3.11. The third-order valence-electron chi connectivity index (χ3n) is 4.37. The highest BCUT2D eigenvalue weighted by molar-refractivity contribution is 6.32. The maximum atomic E-state index is 13.7. The van der Waals surface area contributed by atoms with Gasteiger partial charge in [0.05, 0.1) is 10.7 Å². The van der Waals surface area contributed by atoms with E-state index in [0.29, 0.717) is 33.1 Å². The first-order chi connectivity index (χ1) is 12.5. The fourth-order valence-corrected chi connectivity index (χ4v) is 3.36. The first-order valence-corrected chi connectivity index (χ1v) is 8.08. The highest BCUT2D eigenvalue weighted by Gasteiger charge is 2.20. The van der Waals surface area contributed by atoms with Crippen LogP contribution in [0.2, 0.25) is 5.02 Å². The summed E-state index contributed by atoms with van der Waals surface area (Å²) in [7, 11) is 0. The molecule has 3 N–H and O–H groups in total. The number of alkyl halides is 2. The number of nitrogens with zero attached hydrogens (tertiary/aromatic N) is 1. The van der Waals surface area contributed by atoms with E-state index in [-0.39, 0.29) is 21.9 Å². The van der Waals surface area contributed by atoms with Crippen LogP contribution in [0.5, 0.6) is 5.75 Å². The molecule has 0 radical (unpaired) electrons. The van der Waals surface area contributed by atoms with Gasteiger partial charge in [0, 0.05) is 33.5 Å². The minimum Gasteiger partial charge on any atom is -0.506 e. The number of aromatic hydroxyl groups is 1. The van der Waals surface area contributed by atoms with Crippen LogP contribution in [0.3, 0.4) is 0 Å². The molecule has 0 saturated heterocycles. The summed E-state index contributed by atoms with van der Waals surface area (Å²) in [6, 6.07) is 5.55. The molecule has 0 spiro atoms. The second kappa shape index (κ2) is 6.10. The predicted octanol–water partition coefficient (Wildman–Crippen LogP) is 4.37. The van der Waals surface area contributed by atoms with Crippen molar-refractivity contribution >= 4 is 33.4 Å². The van der Waals surface area contributed by atoms with Crippen molar-refractivity contribution in [1.82, 2.24) is 15.2 Å². The Bertz CT molecular complexity index is 1220. The van der Waals surface area contributed by atoms with Gasteiger partial charge in [0.1, 0.15) is 19.1 Å². The van der Waals surface area contributed by atoms with Gasteiger partial charge in [0.2, 0.25) is 0 Å². The van der Waals surface area contributed by atoms with Crippen molar-refractivity contribution < 1.29 is 13.9 Å². The minimum atomic E-state index is -0.984. The van der Waals surface area contributed by atoms with E-state index in [9.17, 15) is 18.7 Å². The van der Waals surface area contributed by atoms with Gasteiger partial charge in [-0.3, -0.25) is 9.89 Å². The van der Waals surface area contributed by atoms with E-state index in [1.54, 1.807) is 12.3 Å². The first-order valence-electron chi connectivity index (χ1n) is 7.70. The molecule has 4 rings (SSSR count). The van der Waals surface area contributed by atoms with Crippen molar-refractivity contribution in [1.29, 1.82) is 0 Å². The summed E-state index contributed by atoms with van der Waals surface area (Å²) < 4.78 is 27.3. The fraction of sp³-hybridized carbons (Fsp3) is 0.111. The number of pyridine rings is 1. The van der Waals surface area contributed by atoms with Crippen LogP contribution in [0.25, 0.3) is 33.1 Å². The van der Waals surface area contributed by atoms with Crippen LogP contribution in [0.15, 0.2) is 35.3 Å². The Morgan fingerprint density at radius 1 is 1.15 bits per heavy atom. The highest BCUT2D eigenvalue weighted by atomic mass is 35.5. The largest absolute Gasteiger partial charge is 0.506 e. The first kappa shape index (κ1) is 16.5. The third kappa shape index (κ3) is 2.35. The van der Waals surface area contributed by atoms with Crippen LogP contribution in [0.4, 0.5) is 8.78 Å². The van der Waals surface area contributed by atoms with Crippen molar-refractivity contribution in [2.45, 2.75) is 13.3 Å². The zero-order valence-electron chi connectivity index (χ0n) is 13.2. The van der Waals surface area contributed by atoms with E-state index in [4.69, 9.17) is 11.6 Å². The molecule has 0 amide bonds. The number of hydrogen-bond acceptors (Lipinski definition) is 3. The monoisotopic (exact) mass is 375 g/mol. The molecule has 2 aromatic carbocycles. The van der Waals surface area contributed by atoms with Crippen LogP contribution < -0.4 is 5.43 Å². The molecule has 132 valence electrons. The third-order valence-corrected chi connectivity index (χ3v) is 4.67. The van der Waals surface area contributed by atoms with Gasteiger partial charge in [-0.05, 0) is 29.8 Å². The molecular weight excluding hydrogens is 364 g/mol. The van der Waals surface area contributed by atoms with Gasteiger partial charge in [-0.2, -0.15) is 0 Å². The number of benzene rings is 2.